The summed E-state index contributed by atoms with van der Waals surface area (Å²) < 4.78 is 1.74. The van der Waals surface area contributed by atoms with Crippen molar-refractivity contribution in [3.63, 3.8) is 0 Å². The molecule has 0 amide bonds. The zero-order valence-corrected chi connectivity index (χ0v) is 8.74. The molecule has 0 aliphatic heterocycles. The molecule has 78 valence electrons. The van der Waals surface area contributed by atoms with Gasteiger partial charge in [0.2, 0.25) is 0 Å². The van der Waals surface area contributed by atoms with E-state index >= 15 is 0 Å². The normalized spacial score (nSPS) is 16.9. The lowest BCUT2D eigenvalue weighted by Gasteiger charge is -2.25. The number of hydrogen-bond donors (Lipinski definition) is 1. The lowest BCUT2D eigenvalue weighted by Crippen LogP contribution is -2.21. The summed E-state index contributed by atoms with van der Waals surface area (Å²) in [5.41, 5.74) is 1.03. The molecular weight excluding hydrogens is 176 g/mol. The molecule has 4 heteroatoms. The van der Waals surface area contributed by atoms with Gasteiger partial charge in [-0.15, -0.1) is 5.10 Å². The second kappa shape index (κ2) is 4.55. The van der Waals surface area contributed by atoms with Crippen molar-refractivity contribution < 1.29 is 0 Å². The van der Waals surface area contributed by atoms with E-state index in [0.717, 1.165) is 24.7 Å². The second-order valence-electron chi connectivity index (χ2n) is 4.15. The van der Waals surface area contributed by atoms with Crippen molar-refractivity contribution in [3.05, 3.63) is 11.9 Å². The zero-order valence-electron chi connectivity index (χ0n) is 8.74. The molecule has 0 spiro atoms. The minimum Gasteiger partial charge on any atom is -0.311 e. The maximum absolute atomic E-state index is 4.02. The van der Waals surface area contributed by atoms with Gasteiger partial charge < -0.3 is 5.32 Å². The molecule has 0 unspecified atom stereocenters. The van der Waals surface area contributed by atoms with Crippen LogP contribution in [0.5, 0.6) is 0 Å². The fourth-order valence-corrected chi connectivity index (χ4v) is 1.78. The van der Waals surface area contributed by atoms with E-state index in [2.05, 4.69) is 15.6 Å². The Labute approximate surface area is 84.7 Å². The minimum atomic E-state index is 0.848. The van der Waals surface area contributed by atoms with Crippen LogP contribution < -0.4 is 5.32 Å². The third-order valence-electron chi connectivity index (χ3n) is 2.91. The summed E-state index contributed by atoms with van der Waals surface area (Å²) in [5.74, 6) is 0.990. The predicted octanol–water partition coefficient (Wildman–Crippen LogP) is 1.09. The fraction of sp³-hybridized carbons (Fsp3) is 0.800. The Bertz CT molecular complexity index is 277. The summed E-state index contributed by atoms with van der Waals surface area (Å²) in [7, 11) is 1.89. The van der Waals surface area contributed by atoms with Gasteiger partial charge >= 0.3 is 0 Å². The lowest BCUT2D eigenvalue weighted by atomic mass is 9.83. The third-order valence-corrected chi connectivity index (χ3v) is 2.91. The molecule has 1 heterocycles. The molecule has 1 saturated carbocycles. The van der Waals surface area contributed by atoms with Crippen LogP contribution in [0.25, 0.3) is 0 Å². The Kier molecular flexibility index (Phi) is 3.14. The maximum Gasteiger partial charge on any atom is 0.0964 e. The summed E-state index contributed by atoms with van der Waals surface area (Å²) in [6.45, 7) is 1.96. The molecule has 0 radical (unpaired) electrons. The van der Waals surface area contributed by atoms with Crippen molar-refractivity contribution in [2.75, 3.05) is 6.54 Å². The summed E-state index contributed by atoms with van der Waals surface area (Å²) in [6.07, 6.45) is 7.59. The van der Waals surface area contributed by atoms with E-state index in [9.17, 15) is 0 Å². The van der Waals surface area contributed by atoms with Crippen LogP contribution in [-0.4, -0.2) is 21.5 Å². The van der Waals surface area contributed by atoms with Crippen LogP contribution in [0.15, 0.2) is 6.20 Å². The first-order valence-electron chi connectivity index (χ1n) is 5.40. The Morgan fingerprint density at radius 3 is 3.00 bits per heavy atom. The van der Waals surface area contributed by atoms with Gasteiger partial charge in [0, 0.05) is 19.8 Å². The van der Waals surface area contributed by atoms with Gasteiger partial charge in [-0.3, -0.25) is 4.68 Å². The number of hydrogen-bond acceptors (Lipinski definition) is 3. The molecule has 1 N–H and O–H groups in total. The molecule has 14 heavy (non-hydrogen) atoms. The van der Waals surface area contributed by atoms with Crippen molar-refractivity contribution in [2.45, 2.75) is 32.2 Å². The molecule has 4 nitrogen and oxygen atoms in total. The third kappa shape index (κ3) is 2.54. The summed E-state index contributed by atoms with van der Waals surface area (Å²) in [6, 6.07) is 0. The van der Waals surface area contributed by atoms with E-state index in [1.165, 1.54) is 25.7 Å². The number of aryl methyl sites for hydroxylation is 1. The molecule has 0 bridgehead atoms. The molecule has 0 aromatic carbocycles. The van der Waals surface area contributed by atoms with Gasteiger partial charge in [-0.05, 0) is 18.9 Å². The molecule has 0 atom stereocenters. The van der Waals surface area contributed by atoms with Gasteiger partial charge in [0.1, 0.15) is 0 Å². The Balaban J connectivity index is 1.58. The highest BCUT2D eigenvalue weighted by atomic mass is 15.4. The largest absolute Gasteiger partial charge is 0.311 e. The van der Waals surface area contributed by atoms with Crippen LogP contribution in [-0.2, 0) is 13.6 Å². The van der Waals surface area contributed by atoms with E-state index < -0.39 is 0 Å². The van der Waals surface area contributed by atoms with Crippen molar-refractivity contribution in [1.29, 1.82) is 0 Å². The van der Waals surface area contributed by atoms with E-state index in [1.54, 1.807) is 4.68 Å². The van der Waals surface area contributed by atoms with Gasteiger partial charge in [0.25, 0.3) is 0 Å². The number of nitrogens with zero attached hydrogens (tertiary/aromatic N) is 3. The predicted molar refractivity (Wildman–Crippen MR) is 54.7 cm³/mol. The number of nitrogens with one attached hydrogen (secondary N) is 1. The SMILES string of the molecule is Cn1cc(CNCCC2CCC2)nn1. The monoisotopic (exact) mass is 194 g/mol. The average molecular weight is 194 g/mol. The fourth-order valence-electron chi connectivity index (χ4n) is 1.78. The van der Waals surface area contributed by atoms with Crippen LogP contribution >= 0.6 is 0 Å². The molecule has 1 aromatic heterocycles. The second-order valence-corrected chi connectivity index (χ2v) is 4.15. The summed E-state index contributed by atoms with van der Waals surface area (Å²) in [5, 5.41) is 11.3. The van der Waals surface area contributed by atoms with Crippen LogP contribution in [0.1, 0.15) is 31.4 Å². The number of aromatic nitrogens is 3. The zero-order chi connectivity index (χ0) is 9.80. The summed E-state index contributed by atoms with van der Waals surface area (Å²) in [4.78, 5) is 0. The lowest BCUT2D eigenvalue weighted by molar-refractivity contribution is 0.292. The van der Waals surface area contributed by atoms with Gasteiger partial charge in [0.15, 0.2) is 0 Å². The molecular formula is C10H18N4. The Morgan fingerprint density at radius 1 is 1.57 bits per heavy atom. The molecule has 2 rings (SSSR count). The van der Waals surface area contributed by atoms with Crippen LogP contribution in [0.4, 0.5) is 0 Å². The molecule has 1 aliphatic rings. The highest BCUT2D eigenvalue weighted by Crippen LogP contribution is 2.28. The van der Waals surface area contributed by atoms with Crippen LogP contribution in [0.3, 0.4) is 0 Å². The van der Waals surface area contributed by atoms with Gasteiger partial charge in [-0.25, -0.2) is 0 Å². The Hall–Kier alpha value is -0.900. The van der Waals surface area contributed by atoms with Crippen LogP contribution in [0.2, 0.25) is 0 Å². The van der Waals surface area contributed by atoms with Gasteiger partial charge in [0.05, 0.1) is 5.69 Å². The molecule has 1 aliphatic carbocycles. The maximum atomic E-state index is 4.02. The minimum absolute atomic E-state index is 0.848. The van der Waals surface area contributed by atoms with Crippen LogP contribution in [0, 0.1) is 5.92 Å². The van der Waals surface area contributed by atoms with Crippen molar-refractivity contribution in [3.8, 4) is 0 Å². The molecule has 1 aromatic rings. The van der Waals surface area contributed by atoms with E-state index in [4.69, 9.17) is 0 Å². The standard InChI is InChI=1S/C10H18N4/c1-14-8-10(12-13-14)7-11-6-5-9-3-2-4-9/h8-9,11H,2-7H2,1H3. The van der Waals surface area contributed by atoms with Crippen molar-refractivity contribution >= 4 is 0 Å². The average Bonchev–Trinajstić information content (AvgIpc) is 2.48. The van der Waals surface area contributed by atoms with E-state index in [-0.39, 0.29) is 0 Å². The van der Waals surface area contributed by atoms with Gasteiger partial charge in [-0.2, -0.15) is 0 Å². The number of rotatable bonds is 5. The first-order chi connectivity index (χ1) is 6.84. The van der Waals surface area contributed by atoms with E-state index in [1.807, 2.05) is 13.2 Å². The first kappa shape index (κ1) is 9.65. The first-order valence-corrected chi connectivity index (χ1v) is 5.40. The quantitative estimate of drug-likeness (QED) is 0.714. The Morgan fingerprint density at radius 2 is 2.43 bits per heavy atom. The van der Waals surface area contributed by atoms with Gasteiger partial charge in [-0.1, -0.05) is 24.5 Å². The van der Waals surface area contributed by atoms with Crippen molar-refractivity contribution in [2.24, 2.45) is 13.0 Å². The summed E-state index contributed by atoms with van der Waals surface area (Å²) >= 11 is 0. The van der Waals surface area contributed by atoms with Crippen molar-refractivity contribution in [1.82, 2.24) is 20.3 Å². The van der Waals surface area contributed by atoms with E-state index in [0.29, 0.717) is 0 Å². The smallest absolute Gasteiger partial charge is 0.0964 e. The highest BCUT2D eigenvalue weighted by molar-refractivity contribution is 4.90. The topological polar surface area (TPSA) is 42.7 Å². The highest BCUT2D eigenvalue weighted by Gasteiger charge is 2.16. The molecule has 1 fully saturated rings. The molecule has 0 saturated heterocycles.